The van der Waals surface area contributed by atoms with Gasteiger partial charge in [-0.3, -0.25) is 0 Å². The Morgan fingerprint density at radius 1 is 0.246 bits per heavy atom. The molecule has 0 heterocycles. The van der Waals surface area contributed by atoms with Crippen molar-refractivity contribution < 1.29 is 0 Å². The van der Waals surface area contributed by atoms with Crippen molar-refractivity contribution in [3.05, 3.63) is 264 Å². The molecule has 61 heavy (non-hydrogen) atoms. The van der Waals surface area contributed by atoms with Crippen LogP contribution in [0.3, 0.4) is 0 Å². The minimum absolute atomic E-state index is 0.962. The predicted molar refractivity (Wildman–Crippen MR) is 266 cm³/mol. The molecule has 0 unspecified atom stereocenters. The van der Waals surface area contributed by atoms with Crippen molar-refractivity contribution in [1.29, 1.82) is 0 Å². The topological polar surface area (TPSA) is 0 Å². The fourth-order valence-corrected chi connectivity index (χ4v) is 7.22. The van der Waals surface area contributed by atoms with Gasteiger partial charge in [-0.05, 0) is 118 Å². The zero-order valence-electron chi connectivity index (χ0n) is 36.6. The lowest BCUT2D eigenvalue weighted by Gasteiger charge is -2.12. The molecular weight excluding hydrogens is 733 g/mol. The van der Waals surface area contributed by atoms with Crippen molar-refractivity contribution in [2.24, 2.45) is 0 Å². The van der Waals surface area contributed by atoms with E-state index in [4.69, 9.17) is 0 Å². The van der Waals surface area contributed by atoms with Crippen molar-refractivity contribution in [3.8, 4) is 55.6 Å². The van der Waals surface area contributed by atoms with E-state index >= 15 is 0 Å². The van der Waals surface area contributed by atoms with E-state index < -0.39 is 0 Å². The summed E-state index contributed by atoms with van der Waals surface area (Å²) in [6.45, 7) is 12.6. The summed E-state index contributed by atoms with van der Waals surface area (Å²) in [7, 11) is 0. The van der Waals surface area contributed by atoms with Gasteiger partial charge in [0.2, 0.25) is 0 Å². The molecule has 0 spiro atoms. The normalized spacial score (nSPS) is 10.2. The number of hydrogen-bond acceptors (Lipinski definition) is 0. The summed E-state index contributed by atoms with van der Waals surface area (Å²) < 4.78 is 0. The van der Waals surface area contributed by atoms with Crippen LogP contribution in [0.2, 0.25) is 0 Å². The number of rotatable bonds is 7. The first kappa shape index (κ1) is 43.6. The Morgan fingerprint density at radius 3 is 0.934 bits per heavy atom. The molecule has 0 amide bonds. The van der Waals surface area contributed by atoms with Gasteiger partial charge < -0.3 is 0 Å². The van der Waals surface area contributed by atoms with E-state index in [9.17, 15) is 0 Å². The molecule has 0 N–H and O–H groups in total. The second-order valence-corrected chi connectivity index (χ2v) is 15.2. The van der Waals surface area contributed by atoms with Crippen LogP contribution < -0.4 is 0 Å². The summed E-state index contributed by atoms with van der Waals surface area (Å²) in [6.07, 6.45) is 0.962. The van der Waals surface area contributed by atoms with Gasteiger partial charge in [-0.1, -0.05) is 249 Å². The standard InChI is InChI=1S/C26H22.C20H18.C13H12.C2H6/c1-20-7-13-24(14-8-20)26-17-11-22(12-18-26)19-21-9-15-25(16-10-21)23-5-3-2-4-6-23;1-15-8-6-7-11-19(15)20-14-18(13-12-16(20)2)17-9-4-3-5-10-17;1-11-7-9-13(10-8-11)12-5-3-2-4-6-12;1-2/h2-18H,19H2,1H3;3-14H,1-2H3;2-10H,1H3;1-2H3. The van der Waals surface area contributed by atoms with Gasteiger partial charge in [0.05, 0.1) is 0 Å². The Labute approximate surface area is 365 Å². The van der Waals surface area contributed by atoms with Crippen molar-refractivity contribution in [3.63, 3.8) is 0 Å². The third-order valence-electron chi connectivity index (χ3n) is 10.7. The molecule has 0 nitrogen and oxygen atoms in total. The smallest absolute Gasteiger partial charge is 0.00258 e. The second-order valence-electron chi connectivity index (χ2n) is 15.2. The molecule has 0 aliphatic carbocycles. The molecule has 0 aromatic heterocycles. The Morgan fingerprint density at radius 2 is 0.541 bits per heavy atom. The van der Waals surface area contributed by atoms with Crippen LogP contribution >= 0.6 is 0 Å². The zero-order chi connectivity index (χ0) is 42.8. The lowest BCUT2D eigenvalue weighted by molar-refractivity contribution is 1.19. The molecule has 0 radical (unpaired) electrons. The summed E-state index contributed by atoms with van der Waals surface area (Å²) in [5.74, 6) is 0. The van der Waals surface area contributed by atoms with Gasteiger partial charge in [0.1, 0.15) is 0 Å². The monoisotopic (exact) mass is 790 g/mol. The maximum Gasteiger partial charge on any atom is -0.00258 e. The van der Waals surface area contributed by atoms with E-state index in [0.29, 0.717) is 0 Å². The molecule has 0 atom stereocenters. The van der Waals surface area contributed by atoms with Crippen LogP contribution in [0.25, 0.3) is 55.6 Å². The van der Waals surface area contributed by atoms with Gasteiger partial charge in [-0.2, -0.15) is 0 Å². The molecule has 9 rings (SSSR count). The van der Waals surface area contributed by atoms with Crippen LogP contribution in [-0.4, -0.2) is 0 Å². The fourth-order valence-electron chi connectivity index (χ4n) is 7.22. The predicted octanol–water partition coefficient (Wildman–Crippen LogP) is 17.2. The quantitative estimate of drug-likeness (QED) is 0.151. The molecule has 9 aromatic rings. The molecule has 9 aromatic carbocycles. The van der Waals surface area contributed by atoms with E-state index in [1.807, 2.05) is 19.9 Å². The van der Waals surface area contributed by atoms with Crippen molar-refractivity contribution in [2.75, 3.05) is 0 Å². The summed E-state index contributed by atoms with van der Waals surface area (Å²) in [5, 5.41) is 0. The molecule has 0 aliphatic heterocycles. The Kier molecular flexibility index (Phi) is 16.0. The highest BCUT2D eigenvalue weighted by Crippen LogP contribution is 2.31. The van der Waals surface area contributed by atoms with Crippen molar-refractivity contribution >= 4 is 0 Å². The molecule has 0 aliphatic rings. The highest BCUT2D eigenvalue weighted by molar-refractivity contribution is 5.77. The third kappa shape index (κ3) is 12.5. The lowest BCUT2D eigenvalue weighted by Crippen LogP contribution is -1.89. The highest BCUT2D eigenvalue weighted by Gasteiger charge is 2.07. The average Bonchev–Trinajstić information content (AvgIpc) is 3.32. The summed E-state index contributed by atoms with van der Waals surface area (Å²) >= 11 is 0. The molecule has 0 saturated heterocycles. The average molecular weight is 791 g/mol. The van der Waals surface area contributed by atoms with Crippen LogP contribution in [0, 0.1) is 27.7 Å². The van der Waals surface area contributed by atoms with E-state index in [0.717, 1.165) is 6.42 Å². The summed E-state index contributed by atoms with van der Waals surface area (Å²) in [5.41, 5.74) is 20.7. The fraction of sp³-hybridized carbons (Fsp3) is 0.115. The molecule has 0 saturated carbocycles. The molecule has 0 fully saturated rings. The number of aryl methyl sites for hydroxylation is 4. The minimum atomic E-state index is 0.962. The summed E-state index contributed by atoms with van der Waals surface area (Å²) in [6, 6.07) is 81.9. The van der Waals surface area contributed by atoms with E-state index in [1.165, 1.54) is 89.0 Å². The van der Waals surface area contributed by atoms with E-state index in [-0.39, 0.29) is 0 Å². The molecule has 302 valence electrons. The lowest BCUT2D eigenvalue weighted by atomic mass is 9.93. The van der Waals surface area contributed by atoms with Crippen LogP contribution in [-0.2, 0) is 6.42 Å². The van der Waals surface area contributed by atoms with Crippen LogP contribution in [0.5, 0.6) is 0 Å². The zero-order valence-corrected chi connectivity index (χ0v) is 36.6. The summed E-state index contributed by atoms with van der Waals surface area (Å²) in [4.78, 5) is 0. The first-order valence-electron chi connectivity index (χ1n) is 21.5. The maximum atomic E-state index is 2.30. The molecular formula is C61H58. The number of hydrogen-bond donors (Lipinski definition) is 0. The largest absolute Gasteiger partial charge is 0.0683 e. The first-order valence-corrected chi connectivity index (χ1v) is 21.5. The van der Waals surface area contributed by atoms with Crippen molar-refractivity contribution in [2.45, 2.75) is 48.0 Å². The van der Waals surface area contributed by atoms with Crippen LogP contribution in [0.15, 0.2) is 231 Å². The molecule has 0 heteroatoms. The Balaban J connectivity index is 0.000000158. The maximum absolute atomic E-state index is 2.30. The van der Waals surface area contributed by atoms with Gasteiger partial charge >= 0.3 is 0 Å². The van der Waals surface area contributed by atoms with Crippen molar-refractivity contribution in [1.82, 2.24) is 0 Å². The molecule has 0 bridgehead atoms. The SMILES string of the molecule is CC.Cc1ccc(-c2ccc(Cc3ccc(-c4ccccc4)cc3)cc2)cc1.Cc1ccc(-c2ccccc2)cc1.Cc1ccccc1-c1cc(-c2ccccc2)ccc1C. The van der Waals surface area contributed by atoms with Crippen LogP contribution in [0.1, 0.15) is 47.2 Å². The third-order valence-corrected chi connectivity index (χ3v) is 10.7. The van der Waals surface area contributed by atoms with Gasteiger partial charge in [-0.15, -0.1) is 0 Å². The Bertz CT molecular complexity index is 2640. The minimum Gasteiger partial charge on any atom is -0.0683 e. The van der Waals surface area contributed by atoms with Crippen LogP contribution in [0.4, 0.5) is 0 Å². The Hall–Kier alpha value is -7.02. The van der Waals surface area contributed by atoms with Gasteiger partial charge in [0.15, 0.2) is 0 Å². The second kappa shape index (κ2) is 22.4. The van der Waals surface area contributed by atoms with Gasteiger partial charge in [-0.25, -0.2) is 0 Å². The van der Waals surface area contributed by atoms with E-state index in [2.05, 4.69) is 252 Å². The highest BCUT2D eigenvalue weighted by atomic mass is 14.1. The van der Waals surface area contributed by atoms with Gasteiger partial charge in [0, 0.05) is 0 Å². The number of benzene rings is 9. The first-order chi connectivity index (χ1) is 29.9. The van der Waals surface area contributed by atoms with Gasteiger partial charge in [0.25, 0.3) is 0 Å². The van der Waals surface area contributed by atoms with E-state index in [1.54, 1.807) is 0 Å².